The molecular formula is C21H28ClN3O2. The van der Waals surface area contributed by atoms with Gasteiger partial charge in [-0.1, -0.05) is 23.3 Å². The highest BCUT2D eigenvalue weighted by Gasteiger charge is 2.62. The molecule has 3 saturated heterocycles. The largest absolute Gasteiger partial charge is 0.370 e. The number of nitrogens with one attached hydrogen (secondary N) is 1. The third-order valence-corrected chi connectivity index (χ3v) is 6.67. The minimum absolute atomic E-state index is 0.0132. The number of hydrogen-bond acceptors (Lipinski definition) is 4. The van der Waals surface area contributed by atoms with E-state index in [1.54, 1.807) is 12.3 Å². The Labute approximate surface area is 166 Å². The average Bonchev–Trinajstić information content (AvgIpc) is 3.28. The number of rotatable bonds is 6. The van der Waals surface area contributed by atoms with E-state index < -0.39 is 0 Å². The van der Waals surface area contributed by atoms with Crippen LogP contribution in [0.25, 0.3) is 0 Å². The normalized spacial score (nSPS) is 31.7. The van der Waals surface area contributed by atoms with Crippen LogP contribution in [0.15, 0.2) is 30.1 Å². The molecule has 0 saturated carbocycles. The molecule has 27 heavy (non-hydrogen) atoms. The summed E-state index contributed by atoms with van der Waals surface area (Å²) in [5, 5.41) is 3.48. The Kier molecular flexibility index (Phi) is 5.28. The van der Waals surface area contributed by atoms with Crippen molar-refractivity contribution in [3.8, 4) is 0 Å². The topological polar surface area (TPSA) is 54.5 Å². The molecule has 3 fully saturated rings. The van der Waals surface area contributed by atoms with Gasteiger partial charge in [0.2, 0.25) is 0 Å². The van der Waals surface area contributed by atoms with Crippen LogP contribution in [0.5, 0.6) is 0 Å². The van der Waals surface area contributed by atoms with Crippen LogP contribution in [0.3, 0.4) is 0 Å². The van der Waals surface area contributed by atoms with E-state index in [0.29, 0.717) is 29.0 Å². The van der Waals surface area contributed by atoms with E-state index in [9.17, 15) is 4.79 Å². The maximum atomic E-state index is 12.5. The number of carbonyl (C=O) groups is 1. The Balaban J connectivity index is 1.38. The minimum Gasteiger partial charge on any atom is -0.370 e. The first-order valence-corrected chi connectivity index (χ1v) is 10.3. The van der Waals surface area contributed by atoms with Crippen molar-refractivity contribution >= 4 is 17.5 Å². The first-order valence-electron chi connectivity index (χ1n) is 9.90. The van der Waals surface area contributed by atoms with Crippen molar-refractivity contribution in [2.24, 2.45) is 11.8 Å². The molecular weight excluding hydrogens is 362 g/mol. The van der Waals surface area contributed by atoms with Gasteiger partial charge in [-0.15, -0.1) is 0 Å². The van der Waals surface area contributed by atoms with Gasteiger partial charge in [-0.05, 0) is 39.2 Å². The van der Waals surface area contributed by atoms with Gasteiger partial charge in [-0.25, -0.2) is 0 Å². The molecule has 3 aliphatic heterocycles. The Morgan fingerprint density at radius 3 is 3.15 bits per heavy atom. The molecule has 4 heterocycles. The van der Waals surface area contributed by atoms with Crippen LogP contribution in [-0.2, 0) is 4.74 Å². The molecule has 2 bridgehead atoms. The van der Waals surface area contributed by atoms with E-state index in [0.717, 1.165) is 38.9 Å². The van der Waals surface area contributed by atoms with E-state index in [-0.39, 0.29) is 17.6 Å². The molecule has 146 valence electrons. The summed E-state index contributed by atoms with van der Waals surface area (Å²) >= 11 is 6.10. The van der Waals surface area contributed by atoms with Crippen LogP contribution in [0, 0.1) is 11.8 Å². The summed E-state index contributed by atoms with van der Waals surface area (Å²) in [6, 6.07) is 1.66. The van der Waals surface area contributed by atoms with Gasteiger partial charge in [-0.2, -0.15) is 0 Å². The summed E-state index contributed by atoms with van der Waals surface area (Å²) in [5.41, 5.74) is 1.87. The van der Waals surface area contributed by atoms with Crippen LogP contribution in [-0.4, -0.2) is 53.7 Å². The van der Waals surface area contributed by atoms with Gasteiger partial charge in [0.15, 0.2) is 0 Å². The summed E-state index contributed by atoms with van der Waals surface area (Å²) < 4.78 is 6.47. The third-order valence-electron chi connectivity index (χ3n) is 6.37. The van der Waals surface area contributed by atoms with Crippen molar-refractivity contribution in [3.63, 3.8) is 0 Å². The summed E-state index contributed by atoms with van der Waals surface area (Å²) in [6.07, 6.45) is 9.04. The lowest BCUT2D eigenvalue weighted by Crippen LogP contribution is -2.42. The van der Waals surface area contributed by atoms with Crippen molar-refractivity contribution in [3.05, 3.63) is 40.7 Å². The standard InChI is InChI=1S/C21H28ClN3O2/c1-14(2)4-3-9-25-12-17-16(19-5-7-21(17,13-25)27-19)10-24-20(26)15-6-8-23-11-18(15)22/h4,6,8,11,16-17,19H,3,5,7,9-10,12-13H2,1-2H3,(H,24,26)/t16-,17+,19+,21+/m0/s1. The van der Waals surface area contributed by atoms with Gasteiger partial charge in [0.1, 0.15) is 0 Å². The highest BCUT2D eigenvalue weighted by atomic mass is 35.5. The number of hydrogen-bond donors (Lipinski definition) is 1. The second-order valence-electron chi connectivity index (χ2n) is 8.40. The van der Waals surface area contributed by atoms with Crippen LogP contribution in [0.2, 0.25) is 5.02 Å². The summed E-state index contributed by atoms with van der Waals surface area (Å²) in [7, 11) is 0. The number of allylic oxidation sites excluding steroid dienone is 1. The quantitative estimate of drug-likeness (QED) is 0.758. The fraction of sp³-hybridized carbons (Fsp3) is 0.619. The Hall–Kier alpha value is -1.43. The first kappa shape index (κ1) is 18.9. The van der Waals surface area contributed by atoms with Crippen molar-refractivity contribution < 1.29 is 9.53 Å². The minimum atomic E-state index is -0.127. The molecule has 0 aliphatic carbocycles. The van der Waals surface area contributed by atoms with Crippen LogP contribution < -0.4 is 5.32 Å². The van der Waals surface area contributed by atoms with Crippen molar-refractivity contribution in [1.29, 1.82) is 0 Å². The number of carbonyl (C=O) groups excluding carboxylic acids is 1. The van der Waals surface area contributed by atoms with Crippen molar-refractivity contribution in [2.45, 2.75) is 44.8 Å². The maximum absolute atomic E-state index is 12.5. The molecule has 6 heteroatoms. The van der Waals surface area contributed by atoms with Gasteiger partial charge in [0, 0.05) is 50.4 Å². The van der Waals surface area contributed by atoms with Crippen molar-refractivity contribution in [1.82, 2.24) is 15.2 Å². The molecule has 0 radical (unpaired) electrons. The lowest BCUT2D eigenvalue weighted by Gasteiger charge is -2.29. The number of halogens is 1. The monoisotopic (exact) mass is 389 g/mol. The van der Waals surface area contributed by atoms with E-state index in [1.807, 2.05) is 0 Å². The Morgan fingerprint density at radius 2 is 2.37 bits per heavy atom. The smallest absolute Gasteiger partial charge is 0.252 e. The van der Waals surface area contributed by atoms with Gasteiger partial charge in [-0.3, -0.25) is 14.7 Å². The zero-order valence-electron chi connectivity index (χ0n) is 16.1. The number of fused-ring (bicyclic) bond motifs is 1. The van der Waals surface area contributed by atoms with E-state index in [4.69, 9.17) is 16.3 Å². The van der Waals surface area contributed by atoms with Gasteiger partial charge >= 0.3 is 0 Å². The average molecular weight is 390 g/mol. The third kappa shape index (κ3) is 3.65. The molecule has 0 unspecified atom stereocenters. The maximum Gasteiger partial charge on any atom is 0.252 e. The number of likely N-dealkylation sites (tertiary alicyclic amines) is 1. The molecule has 4 rings (SSSR count). The molecule has 1 spiro atoms. The highest BCUT2D eigenvalue weighted by molar-refractivity contribution is 6.33. The Morgan fingerprint density at radius 1 is 1.52 bits per heavy atom. The van der Waals surface area contributed by atoms with Gasteiger partial charge in [0.05, 0.1) is 22.3 Å². The van der Waals surface area contributed by atoms with Crippen LogP contribution in [0.1, 0.15) is 43.5 Å². The molecule has 3 aliphatic rings. The fourth-order valence-corrected chi connectivity index (χ4v) is 5.34. The fourth-order valence-electron chi connectivity index (χ4n) is 5.13. The van der Waals surface area contributed by atoms with E-state index in [2.05, 4.69) is 35.1 Å². The van der Waals surface area contributed by atoms with E-state index in [1.165, 1.54) is 11.8 Å². The summed E-state index contributed by atoms with van der Waals surface area (Å²) in [6.45, 7) is 8.14. The second kappa shape index (κ2) is 7.53. The van der Waals surface area contributed by atoms with Gasteiger partial charge in [0.25, 0.3) is 5.91 Å². The second-order valence-corrected chi connectivity index (χ2v) is 8.81. The van der Waals surface area contributed by atoms with E-state index >= 15 is 0 Å². The number of pyridine rings is 1. The molecule has 1 aromatic heterocycles. The molecule has 4 atom stereocenters. The molecule has 1 N–H and O–H groups in total. The van der Waals surface area contributed by atoms with Crippen LogP contribution >= 0.6 is 11.6 Å². The number of ether oxygens (including phenoxy) is 1. The van der Waals surface area contributed by atoms with Crippen molar-refractivity contribution in [2.75, 3.05) is 26.2 Å². The summed E-state index contributed by atoms with van der Waals surface area (Å²) in [4.78, 5) is 19.0. The molecule has 1 amide bonds. The predicted molar refractivity (Wildman–Crippen MR) is 106 cm³/mol. The van der Waals surface area contributed by atoms with Gasteiger partial charge < -0.3 is 10.1 Å². The molecule has 5 nitrogen and oxygen atoms in total. The first-order chi connectivity index (χ1) is 13.0. The lowest BCUT2D eigenvalue weighted by molar-refractivity contribution is 0.00290. The number of amides is 1. The number of nitrogens with zero attached hydrogens (tertiary/aromatic N) is 2. The number of aromatic nitrogens is 1. The molecule has 0 aromatic carbocycles. The highest BCUT2D eigenvalue weighted by Crippen LogP contribution is 2.54. The molecule has 1 aromatic rings. The predicted octanol–water partition coefficient (Wildman–Crippen LogP) is 3.30. The summed E-state index contributed by atoms with van der Waals surface area (Å²) in [5.74, 6) is 0.769. The zero-order chi connectivity index (χ0) is 19.0. The lowest BCUT2D eigenvalue weighted by atomic mass is 9.73. The Bertz CT molecular complexity index is 749. The van der Waals surface area contributed by atoms with Crippen LogP contribution in [0.4, 0.5) is 0 Å². The SMILES string of the molecule is CC(C)=CCCN1C[C@@H]2[C@H](CNC(=O)c3ccncc3Cl)[C@H]3CC[C@]2(C1)O3. The zero-order valence-corrected chi connectivity index (χ0v) is 16.8.